The van der Waals surface area contributed by atoms with E-state index in [9.17, 15) is 0 Å². The first-order valence-corrected chi connectivity index (χ1v) is 5.11. The molecule has 0 saturated carbocycles. The highest BCUT2D eigenvalue weighted by molar-refractivity contribution is 6.06. The number of oxime groups is 1. The zero-order chi connectivity index (χ0) is 12.3. The maximum absolute atomic E-state index is 9.04. The fraction of sp³-hybridized carbons (Fsp3) is 0.300. The Morgan fingerprint density at radius 2 is 2.35 bits per heavy atom. The van der Waals surface area contributed by atoms with E-state index in [0.29, 0.717) is 29.2 Å². The van der Waals surface area contributed by atoms with Crippen LogP contribution in [0.15, 0.2) is 23.7 Å². The van der Waals surface area contributed by atoms with Crippen LogP contribution >= 0.6 is 0 Å². The van der Waals surface area contributed by atoms with Gasteiger partial charge in [-0.25, -0.2) is 9.97 Å². The number of hydrogen-bond acceptors (Lipinski definition) is 5. The summed E-state index contributed by atoms with van der Waals surface area (Å²) in [7, 11) is 3.83. The molecule has 0 fully saturated rings. The number of nitrogens with zero attached hydrogens (tertiary/aromatic N) is 4. The van der Waals surface area contributed by atoms with Crippen molar-refractivity contribution < 1.29 is 5.21 Å². The SMILES string of the molecule is CN(C)CNC(=NO)c1ccnc2[nH]cnc12. The number of nitrogens with one attached hydrogen (secondary N) is 2. The molecule has 0 amide bonds. The first kappa shape index (κ1) is 11.3. The van der Waals surface area contributed by atoms with Gasteiger partial charge in [-0.2, -0.15) is 0 Å². The smallest absolute Gasteiger partial charge is 0.176 e. The summed E-state index contributed by atoms with van der Waals surface area (Å²) < 4.78 is 0. The summed E-state index contributed by atoms with van der Waals surface area (Å²) in [6.45, 7) is 0.563. The zero-order valence-corrected chi connectivity index (χ0v) is 9.68. The summed E-state index contributed by atoms with van der Waals surface area (Å²) in [5, 5.41) is 15.3. The topological polar surface area (TPSA) is 89.4 Å². The van der Waals surface area contributed by atoms with E-state index in [1.54, 1.807) is 18.6 Å². The van der Waals surface area contributed by atoms with Gasteiger partial charge in [0.05, 0.1) is 18.6 Å². The molecule has 2 aromatic rings. The van der Waals surface area contributed by atoms with E-state index in [4.69, 9.17) is 5.21 Å². The van der Waals surface area contributed by atoms with Gasteiger partial charge in [-0.05, 0) is 20.2 Å². The van der Waals surface area contributed by atoms with E-state index in [1.807, 2.05) is 19.0 Å². The predicted octanol–water partition coefficient (Wildman–Crippen LogP) is 0.202. The van der Waals surface area contributed by atoms with Crippen molar-refractivity contribution in [3.05, 3.63) is 24.2 Å². The lowest BCUT2D eigenvalue weighted by molar-refractivity contribution is 0.313. The minimum absolute atomic E-state index is 0.373. The first-order valence-electron chi connectivity index (χ1n) is 5.11. The third-order valence-electron chi connectivity index (χ3n) is 2.24. The summed E-state index contributed by atoms with van der Waals surface area (Å²) in [6.07, 6.45) is 3.19. The number of imidazole rings is 1. The monoisotopic (exact) mass is 234 g/mol. The summed E-state index contributed by atoms with van der Waals surface area (Å²) >= 11 is 0. The number of aromatic amines is 1. The number of hydrogen-bond donors (Lipinski definition) is 3. The third kappa shape index (κ3) is 2.34. The van der Waals surface area contributed by atoms with Crippen LogP contribution in [0.4, 0.5) is 0 Å². The average Bonchev–Trinajstić information content (AvgIpc) is 2.78. The lowest BCUT2D eigenvalue weighted by Crippen LogP contribution is -2.33. The van der Waals surface area contributed by atoms with Gasteiger partial charge in [0.15, 0.2) is 11.5 Å². The largest absolute Gasteiger partial charge is 0.409 e. The number of H-pyrrole nitrogens is 1. The Hall–Kier alpha value is -2.15. The zero-order valence-electron chi connectivity index (χ0n) is 9.68. The van der Waals surface area contributed by atoms with Gasteiger partial charge in [-0.1, -0.05) is 5.16 Å². The molecule has 0 bridgehead atoms. The molecule has 0 aliphatic heterocycles. The van der Waals surface area contributed by atoms with Crippen molar-refractivity contribution in [3.8, 4) is 0 Å². The second kappa shape index (κ2) is 4.79. The van der Waals surface area contributed by atoms with Gasteiger partial charge in [0.1, 0.15) is 5.52 Å². The van der Waals surface area contributed by atoms with E-state index < -0.39 is 0 Å². The third-order valence-corrected chi connectivity index (χ3v) is 2.24. The normalized spacial score (nSPS) is 12.3. The Labute approximate surface area is 98.2 Å². The molecule has 0 aromatic carbocycles. The molecule has 0 saturated heterocycles. The summed E-state index contributed by atoms with van der Waals surface area (Å²) in [5.74, 6) is 0.373. The van der Waals surface area contributed by atoms with Crippen molar-refractivity contribution >= 4 is 17.0 Å². The summed E-state index contributed by atoms with van der Waals surface area (Å²) in [6, 6.07) is 1.75. The second-order valence-corrected chi connectivity index (χ2v) is 3.82. The quantitative estimate of drug-likeness (QED) is 0.232. The lowest BCUT2D eigenvalue weighted by atomic mass is 10.2. The molecule has 0 aliphatic carbocycles. The first-order chi connectivity index (χ1) is 8.22. The van der Waals surface area contributed by atoms with Gasteiger partial charge in [0.25, 0.3) is 0 Å². The van der Waals surface area contributed by atoms with Crippen LogP contribution in [0, 0.1) is 0 Å². The minimum atomic E-state index is 0.373. The minimum Gasteiger partial charge on any atom is -0.409 e. The van der Waals surface area contributed by atoms with Crippen LogP contribution < -0.4 is 5.32 Å². The number of amidine groups is 1. The molecule has 2 heterocycles. The molecular formula is C10H14N6O. The number of aromatic nitrogens is 3. The molecule has 0 atom stereocenters. The highest BCUT2D eigenvalue weighted by Gasteiger charge is 2.11. The Balaban J connectivity index is 2.33. The Kier molecular flexibility index (Phi) is 3.20. The highest BCUT2D eigenvalue weighted by atomic mass is 16.4. The molecule has 0 unspecified atom stereocenters. The molecular weight excluding hydrogens is 220 g/mol. The average molecular weight is 234 g/mol. The van der Waals surface area contributed by atoms with Crippen molar-refractivity contribution in [3.63, 3.8) is 0 Å². The number of fused-ring (bicyclic) bond motifs is 1. The maximum atomic E-state index is 9.04. The van der Waals surface area contributed by atoms with Crippen LogP contribution in [0.5, 0.6) is 0 Å². The molecule has 0 aliphatic rings. The van der Waals surface area contributed by atoms with Crippen LogP contribution in [0.1, 0.15) is 5.56 Å². The van der Waals surface area contributed by atoms with Crippen LogP contribution in [0.2, 0.25) is 0 Å². The lowest BCUT2D eigenvalue weighted by Gasteiger charge is -2.13. The molecule has 17 heavy (non-hydrogen) atoms. The Morgan fingerprint density at radius 1 is 1.53 bits per heavy atom. The van der Waals surface area contributed by atoms with Crippen molar-refractivity contribution in [1.29, 1.82) is 0 Å². The molecule has 90 valence electrons. The number of pyridine rings is 1. The van der Waals surface area contributed by atoms with E-state index >= 15 is 0 Å². The van der Waals surface area contributed by atoms with E-state index in [2.05, 4.69) is 25.4 Å². The second-order valence-electron chi connectivity index (χ2n) is 3.82. The van der Waals surface area contributed by atoms with Crippen LogP contribution in [0.25, 0.3) is 11.2 Å². The van der Waals surface area contributed by atoms with E-state index in [1.165, 1.54) is 0 Å². The molecule has 7 nitrogen and oxygen atoms in total. The van der Waals surface area contributed by atoms with Crippen molar-refractivity contribution in [1.82, 2.24) is 25.2 Å². The molecule has 7 heteroatoms. The van der Waals surface area contributed by atoms with Crippen LogP contribution in [-0.2, 0) is 0 Å². The highest BCUT2D eigenvalue weighted by Crippen LogP contribution is 2.12. The van der Waals surface area contributed by atoms with E-state index in [-0.39, 0.29) is 0 Å². The summed E-state index contributed by atoms with van der Waals surface area (Å²) in [5.41, 5.74) is 2.04. The van der Waals surface area contributed by atoms with Gasteiger partial charge >= 0.3 is 0 Å². The fourth-order valence-electron chi connectivity index (χ4n) is 1.46. The van der Waals surface area contributed by atoms with Crippen LogP contribution in [-0.4, -0.2) is 51.7 Å². The molecule has 3 N–H and O–H groups in total. The van der Waals surface area contributed by atoms with Gasteiger partial charge < -0.3 is 15.5 Å². The van der Waals surface area contributed by atoms with Gasteiger partial charge in [0.2, 0.25) is 0 Å². The van der Waals surface area contributed by atoms with E-state index in [0.717, 1.165) is 0 Å². The molecule has 0 radical (unpaired) electrons. The van der Waals surface area contributed by atoms with Gasteiger partial charge in [-0.3, -0.25) is 4.90 Å². The molecule has 2 rings (SSSR count). The molecule has 2 aromatic heterocycles. The van der Waals surface area contributed by atoms with Crippen molar-refractivity contribution in [2.45, 2.75) is 0 Å². The Morgan fingerprint density at radius 3 is 3.06 bits per heavy atom. The van der Waals surface area contributed by atoms with Crippen molar-refractivity contribution in [2.24, 2.45) is 5.16 Å². The van der Waals surface area contributed by atoms with Gasteiger partial charge in [-0.15, -0.1) is 0 Å². The maximum Gasteiger partial charge on any atom is 0.176 e. The molecule has 0 spiro atoms. The predicted molar refractivity (Wildman–Crippen MR) is 63.9 cm³/mol. The van der Waals surface area contributed by atoms with Gasteiger partial charge in [0, 0.05) is 6.20 Å². The fourth-order valence-corrected chi connectivity index (χ4v) is 1.46. The number of rotatable bonds is 3. The summed E-state index contributed by atoms with van der Waals surface area (Å²) in [4.78, 5) is 13.1. The van der Waals surface area contributed by atoms with Crippen LogP contribution in [0.3, 0.4) is 0 Å². The standard InChI is InChI=1S/C10H14N6O/c1-16(2)6-14-9(15-17)7-3-4-11-10-8(7)12-5-13-10/h3-5,17H,6H2,1-2H3,(H,14,15)(H,11,12,13). The van der Waals surface area contributed by atoms with Crippen molar-refractivity contribution in [2.75, 3.05) is 20.8 Å². The Bertz CT molecular complexity index is 532.